The van der Waals surface area contributed by atoms with Gasteiger partial charge in [0.05, 0.1) is 0 Å². The maximum absolute atomic E-state index is 5.68. The fraction of sp³-hybridized carbons (Fsp3) is 0.250. The Balaban J connectivity index is 1.99. The fourth-order valence-corrected chi connectivity index (χ4v) is 2.49. The molecule has 0 fully saturated rings. The third kappa shape index (κ3) is 4.08. The van der Waals surface area contributed by atoms with E-state index in [2.05, 4.69) is 76.4 Å². The fourth-order valence-electron chi connectivity index (χ4n) is 2.04. The standard InChI is InChI=1S/C16H19BrN2/c1-19(16-7-3-5-14(11-16)12-18)9-8-13-4-2-6-15(17)10-13/h2-7,10-11H,8-9,12,18H2,1H3. The van der Waals surface area contributed by atoms with Gasteiger partial charge in [-0.1, -0.05) is 40.2 Å². The average molecular weight is 319 g/mol. The van der Waals surface area contributed by atoms with Gasteiger partial charge < -0.3 is 10.6 Å². The molecule has 0 unspecified atom stereocenters. The van der Waals surface area contributed by atoms with Crippen molar-refractivity contribution in [2.45, 2.75) is 13.0 Å². The Morgan fingerprint density at radius 2 is 1.79 bits per heavy atom. The normalized spacial score (nSPS) is 10.5. The minimum atomic E-state index is 0.591. The summed E-state index contributed by atoms with van der Waals surface area (Å²) in [5, 5.41) is 0. The lowest BCUT2D eigenvalue weighted by Gasteiger charge is -2.20. The molecule has 2 rings (SSSR count). The number of anilines is 1. The lowest BCUT2D eigenvalue weighted by molar-refractivity contribution is 0.874. The van der Waals surface area contributed by atoms with Crippen molar-refractivity contribution in [3.63, 3.8) is 0 Å². The maximum Gasteiger partial charge on any atom is 0.0366 e. The molecule has 100 valence electrons. The Hall–Kier alpha value is -1.32. The van der Waals surface area contributed by atoms with E-state index in [9.17, 15) is 0 Å². The van der Waals surface area contributed by atoms with Crippen molar-refractivity contribution in [3.8, 4) is 0 Å². The maximum atomic E-state index is 5.68. The van der Waals surface area contributed by atoms with E-state index in [0.717, 1.165) is 17.4 Å². The molecular weight excluding hydrogens is 300 g/mol. The first-order valence-electron chi connectivity index (χ1n) is 6.43. The van der Waals surface area contributed by atoms with E-state index < -0.39 is 0 Å². The molecule has 0 spiro atoms. The van der Waals surface area contributed by atoms with E-state index in [0.29, 0.717) is 6.54 Å². The summed E-state index contributed by atoms with van der Waals surface area (Å²) in [5.41, 5.74) is 9.41. The highest BCUT2D eigenvalue weighted by Gasteiger charge is 2.02. The number of rotatable bonds is 5. The van der Waals surface area contributed by atoms with Gasteiger partial charge in [0.2, 0.25) is 0 Å². The third-order valence-electron chi connectivity index (χ3n) is 3.21. The molecule has 0 bridgehead atoms. The molecule has 2 nitrogen and oxygen atoms in total. The van der Waals surface area contributed by atoms with Gasteiger partial charge in [-0.05, 0) is 41.8 Å². The Kier molecular flexibility index (Phi) is 5.00. The highest BCUT2D eigenvalue weighted by Crippen LogP contribution is 2.16. The van der Waals surface area contributed by atoms with Crippen molar-refractivity contribution in [1.29, 1.82) is 0 Å². The Morgan fingerprint density at radius 3 is 2.53 bits per heavy atom. The molecule has 2 aromatic rings. The Bertz CT molecular complexity index is 540. The van der Waals surface area contributed by atoms with E-state index in [4.69, 9.17) is 5.73 Å². The molecule has 0 saturated heterocycles. The molecular formula is C16H19BrN2. The van der Waals surface area contributed by atoms with Gasteiger partial charge in [0, 0.05) is 30.3 Å². The molecule has 0 heterocycles. The van der Waals surface area contributed by atoms with E-state index in [1.807, 2.05) is 0 Å². The summed E-state index contributed by atoms with van der Waals surface area (Å²) < 4.78 is 1.14. The number of halogens is 1. The Labute approximate surface area is 123 Å². The summed E-state index contributed by atoms with van der Waals surface area (Å²) in [4.78, 5) is 2.26. The van der Waals surface area contributed by atoms with Gasteiger partial charge >= 0.3 is 0 Å². The molecule has 0 aliphatic heterocycles. The second-order valence-corrected chi connectivity index (χ2v) is 5.59. The predicted octanol–water partition coefficient (Wildman–Crippen LogP) is 3.59. The summed E-state index contributed by atoms with van der Waals surface area (Å²) in [5.74, 6) is 0. The summed E-state index contributed by atoms with van der Waals surface area (Å²) in [6.45, 7) is 1.58. The smallest absolute Gasteiger partial charge is 0.0366 e. The highest BCUT2D eigenvalue weighted by molar-refractivity contribution is 9.10. The second kappa shape index (κ2) is 6.73. The second-order valence-electron chi connectivity index (χ2n) is 4.68. The zero-order valence-electron chi connectivity index (χ0n) is 11.1. The summed E-state index contributed by atoms with van der Waals surface area (Å²) in [6.07, 6.45) is 1.03. The Morgan fingerprint density at radius 1 is 1.05 bits per heavy atom. The van der Waals surface area contributed by atoms with Crippen LogP contribution < -0.4 is 10.6 Å². The number of nitrogens with zero attached hydrogens (tertiary/aromatic N) is 1. The third-order valence-corrected chi connectivity index (χ3v) is 3.71. The molecule has 3 heteroatoms. The molecule has 19 heavy (non-hydrogen) atoms. The summed E-state index contributed by atoms with van der Waals surface area (Å²) >= 11 is 3.51. The van der Waals surface area contributed by atoms with Crippen molar-refractivity contribution in [2.24, 2.45) is 5.73 Å². The van der Waals surface area contributed by atoms with Crippen LogP contribution in [-0.2, 0) is 13.0 Å². The minimum Gasteiger partial charge on any atom is -0.374 e. The zero-order valence-corrected chi connectivity index (χ0v) is 12.7. The van der Waals surface area contributed by atoms with Gasteiger partial charge in [0.1, 0.15) is 0 Å². The van der Waals surface area contributed by atoms with E-state index in [1.165, 1.54) is 16.8 Å². The van der Waals surface area contributed by atoms with Crippen molar-refractivity contribution in [3.05, 3.63) is 64.1 Å². The molecule has 0 amide bonds. The van der Waals surface area contributed by atoms with Gasteiger partial charge in [-0.2, -0.15) is 0 Å². The summed E-state index contributed by atoms with van der Waals surface area (Å²) in [7, 11) is 2.12. The van der Waals surface area contributed by atoms with Crippen LogP contribution in [0.1, 0.15) is 11.1 Å². The number of hydrogen-bond acceptors (Lipinski definition) is 2. The number of hydrogen-bond donors (Lipinski definition) is 1. The SMILES string of the molecule is CN(CCc1cccc(Br)c1)c1cccc(CN)c1. The molecule has 2 N–H and O–H groups in total. The van der Waals surface area contributed by atoms with Gasteiger partial charge in [0.25, 0.3) is 0 Å². The van der Waals surface area contributed by atoms with Gasteiger partial charge in [-0.3, -0.25) is 0 Å². The number of likely N-dealkylation sites (N-methyl/N-ethyl adjacent to an activating group) is 1. The quantitative estimate of drug-likeness (QED) is 0.912. The van der Waals surface area contributed by atoms with Crippen LogP contribution in [0.3, 0.4) is 0 Å². The lowest BCUT2D eigenvalue weighted by atomic mass is 10.1. The molecule has 0 aliphatic rings. The number of nitrogens with two attached hydrogens (primary N) is 1. The summed E-state index contributed by atoms with van der Waals surface area (Å²) in [6, 6.07) is 16.9. The lowest BCUT2D eigenvalue weighted by Crippen LogP contribution is -2.20. The van der Waals surface area contributed by atoms with E-state index in [-0.39, 0.29) is 0 Å². The molecule has 0 aromatic heterocycles. The average Bonchev–Trinajstić information content (AvgIpc) is 2.45. The van der Waals surface area contributed by atoms with Crippen molar-refractivity contribution in [2.75, 3.05) is 18.5 Å². The van der Waals surface area contributed by atoms with Crippen LogP contribution in [-0.4, -0.2) is 13.6 Å². The molecule has 0 aliphatic carbocycles. The van der Waals surface area contributed by atoms with E-state index >= 15 is 0 Å². The predicted molar refractivity (Wildman–Crippen MR) is 85.4 cm³/mol. The van der Waals surface area contributed by atoms with Gasteiger partial charge in [-0.25, -0.2) is 0 Å². The monoisotopic (exact) mass is 318 g/mol. The van der Waals surface area contributed by atoms with Crippen molar-refractivity contribution in [1.82, 2.24) is 0 Å². The van der Waals surface area contributed by atoms with Crippen molar-refractivity contribution < 1.29 is 0 Å². The largest absolute Gasteiger partial charge is 0.374 e. The molecule has 2 aromatic carbocycles. The van der Waals surface area contributed by atoms with Crippen LogP contribution >= 0.6 is 15.9 Å². The van der Waals surface area contributed by atoms with Gasteiger partial charge in [0.15, 0.2) is 0 Å². The molecule has 0 atom stereocenters. The van der Waals surface area contributed by atoms with Crippen LogP contribution in [0.5, 0.6) is 0 Å². The van der Waals surface area contributed by atoms with Crippen LogP contribution in [0.25, 0.3) is 0 Å². The topological polar surface area (TPSA) is 29.3 Å². The van der Waals surface area contributed by atoms with Crippen molar-refractivity contribution >= 4 is 21.6 Å². The van der Waals surface area contributed by atoms with Crippen LogP contribution in [0, 0.1) is 0 Å². The first kappa shape index (κ1) is 14.1. The van der Waals surface area contributed by atoms with Crippen LogP contribution in [0.2, 0.25) is 0 Å². The molecule has 0 saturated carbocycles. The van der Waals surface area contributed by atoms with Gasteiger partial charge in [-0.15, -0.1) is 0 Å². The first-order valence-corrected chi connectivity index (χ1v) is 7.23. The first-order chi connectivity index (χ1) is 9.19. The molecule has 0 radical (unpaired) electrons. The zero-order chi connectivity index (χ0) is 13.7. The van der Waals surface area contributed by atoms with E-state index in [1.54, 1.807) is 0 Å². The van der Waals surface area contributed by atoms with Crippen LogP contribution in [0.15, 0.2) is 53.0 Å². The highest BCUT2D eigenvalue weighted by atomic mass is 79.9. The number of benzene rings is 2. The minimum absolute atomic E-state index is 0.591. The van der Waals surface area contributed by atoms with Crippen LogP contribution in [0.4, 0.5) is 5.69 Å².